The highest BCUT2D eigenvalue weighted by molar-refractivity contribution is 7.18. The van der Waals surface area contributed by atoms with Gasteiger partial charge in [-0.25, -0.2) is 4.79 Å². The lowest BCUT2D eigenvalue weighted by molar-refractivity contribution is -0.119. The number of ether oxygens (including phenoxy) is 1. The fraction of sp³-hybridized carbons (Fsp3) is 0.400. The molecule has 2 aliphatic rings. The van der Waals surface area contributed by atoms with E-state index >= 15 is 0 Å². The highest BCUT2D eigenvalue weighted by Gasteiger charge is 2.33. The number of aliphatic hydroxyl groups is 1. The molecule has 0 bridgehead atoms. The van der Waals surface area contributed by atoms with Crippen molar-refractivity contribution < 1.29 is 24.2 Å². The molecule has 0 saturated carbocycles. The van der Waals surface area contributed by atoms with Crippen LogP contribution in [0.25, 0.3) is 0 Å². The normalized spacial score (nSPS) is 20.3. The Bertz CT molecular complexity index is 1190. The number of anilines is 3. The Kier molecular flexibility index (Phi) is 8.57. The number of halogens is 1. The Morgan fingerprint density at radius 2 is 2.11 bits per heavy atom. The van der Waals surface area contributed by atoms with Gasteiger partial charge >= 0.3 is 6.09 Å². The topological polar surface area (TPSA) is 123 Å². The molecule has 3 atom stereocenters. The second-order valence-electron chi connectivity index (χ2n) is 8.88. The maximum atomic E-state index is 12.7. The molecule has 2 saturated heterocycles. The summed E-state index contributed by atoms with van der Waals surface area (Å²) < 4.78 is 6.00. The van der Waals surface area contributed by atoms with Crippen LogP contribution in [0.2, 0.25) is 4.34 Å². The summed E-state index contributed by atoms with van der Waals surface area (Å²) in [6.45, 7) is 5.11. The molecule has 198 valence electrons. The quantitative estimate of drug-likeness (QED) is 0.281. The largest absolute Gasteiger partial charge is 0.442 e. The van der Waals surface area contributed by atoms with Gasteiger partial charge in [-0.2, -0.15) is 0 Å². The van der Waals surface area contributed by atoms with E-state index in [9.17, 15) is 19.5 Å². The molecule has 3 unspecified atom stereocenters. The van der Waals surface area contributed by atoms with Gasteiger partial charge in [0.25, 0.3) is 5.91 Å². The van der Waals surface area contributed by atoms with Crippen molar-refractivity contribution in [3.05, 3.63) is 51.7 Å². The van der Waals surface area contributed by atoms with Crippen molar-refractivity contribution in [3.63, 3.8) is 0 Å². The molecule has 3 heterocycles. The van der Waals surface area contributed by atoms with Crippen LogP contribution >= 0.6 is 22.9 Å². The van der Waals surface area contributed by atoms with Crippen molar-refractivity contribution in [1.29, 1.82) is 0 Å². The van der Waals surface area contributed by atoms with Crippen molar-refractivity contribution in [2.24, 2.45) is 0 Å². The fourth-order valence-electron chi connectivity index (χ4n) is 4.43. The number of hydrogen-bond acceptors (Lipinski definition) is 8. The molecule has 2 aromatic rings. The number of amides is 3. The summed E-state index contributed by atoms with van der Waals surface area (Å²) in [6.07, 6.45) is 2.20. The Labute approximate surface area is 224 Å². The first-order chi connectivity index (χ1) is 17.7. The van der Waals surface area contributed by atoms with Crippen LogP contribution in [0.4, 0.5) is 21.9 Å². The monoisotopic (exact) mass is 547 g/mol. The molecule has 4 N–H and O–H groups in total. The summed E-state index contributed by atoms with van der Waals surface area (Å²) in [7, 11) is 0. The fourth-order valence-corrected chi connectivity index (χ4v) is 5.39. The van der Waals surface area contributed by atoms with Gasteiger partial charge in [0.05, 0.1) is 33.7 Å². The third-order valence-corrected chi connectivity index (χ3v) is 7.30. The Morgan fingerprint density at radius 3 is 2.81 bits per heavy atom. The number of rotatable bonds is 9. The van der Waals surface area contributed by atoms with Crippen molar-refractivity contribution in [1.82, 2.24) is 10.6 Å². The molecule has 0 radical (unpaired) electrons. The van der Waals surface area contributed by atoms with E-state index in [0.717, 1.165) is 18.7 Å². The molecule has 3 amide bonds. The highest BCUT2D eigenvalue weighted by atomic mass is 35.5. The van der Waals surface area contributed by atoms with E-state index in [4.69, 9.17) is 16.3 Å². The van der Waals surface area contributed by atoms with Gasteiger partial charge in [0, 0.05) is 31.7 Å². The number of cyclic esters (lactones) is 1. The van der Waals surface area contributed by atoms with Gasteiger partial charge in [0.15, 0.2) is 0 Å². The maximum absolute atomic E-state index is 12.7. The molecule has 0 aliphatic carbocycles. The average molecular weight is 548 g/mol. The smallest absolute Gasteiger partial charge is 0.414 e. The second-order valence-corrected chi connectivity index (χ2v) is 10.6. The summed E-state index contributed by atoms with van der Waals surface area (Å²) in [6, 6.07) is 8.85. The number of thiophene rings is 1. The molecule has 12 heteroatoms. The van der Waals surface area contributed by atoms with E-state index in [2.05, 4.69) is 20.9 Å². The van der Waals surface area contributed by atoms with Crippen LogP contribution in [0.5, 0.6) is 0 Å². The number of nitrogens with one attached hydrogen (secondary N) is 3. The van der Waals surface area contributed by atoms with Gasteiger partial charge in [0.2, 0.25) is 5.91 Å². The van der Waals surface area contributed by atoms with E-state index in [1.54, 1.807) is 30.4 Å². The van der Waals surface area contributed by atoms with Crippen LogP contribution < -0.4 is 25.8 Å². The van der Waals surface area contributed by atoms with Gasteiger partial charge in [-0.05, 0) is 49.8 Å². The number of nitrogens with zero attached hydrogens (tertiary/aromatic N) is 2. The minimum atomic E-state index is -0.924. The summed E-state index contributed by atoms with van der Waals surface area (Å²) >= 11 is 7.08. The molecule has 10 nitrogen and oxygen atoms in total. The average Bonchev–Trinajstić information content (AvgIpc) is 3.57. The van der Waals surface area contributed by atoms with Gasteiger partial charge < -0.3 is 30.7 Å². The lowest BCUT2D eigenvalue weighted by Crippen LogP contribution is -2.35. The molecule has 1 aromatic carbocycles. The van der Waals surface area contributed by atoms with Gasteiger partial charge in [0.1, 0.15) is 12.3 Å². The van der Waals surface area contributed by atoms with Crippen LogP contribution in [-0.2, 0) is 9.53 Å². The van der Waals surface area contributed by atoms with Gasteiger partial charge in [-0.15, -0.1) is 11.3 Å². The van der Waals surface area contributed by atoms with E-state index in [-0.39, 0.29) is 30.9 Å². The van der Waals surface area contributed by atoms with Gasteiger partial charge in [-0.3, -0.25) is 14.5 Å². The standard InChI is InChI=1S/C25H30ClN5O5S/c1-3-4-23(33)29-19-11-17(5-6-20(19)30-10-9-16(13-30)28-15(2)32)31-14-18(36-25(31)35)12-27-24(34)21-7-8-22(26)37-21/h3-8,11,16,18,23,29,33H,9-10,12-14H2,1-2H3,(H,27,34)(H,28,32)/b4-3+. The Balaban J connectivity index is 1.47. The highest BCUT2D eigenvalue weighted by Crippen LogP contribution is 2.35. The molecule has 2 fully saturated rings. The zero-order chi connectivity index (χ0) is 26.5. The SMILES string of the molecule is C/C=C/C(O)Nc1cc(N2CC(CNC(=O)c3ccc(Cl)s3)OC2=O)ccc1N1CCC(NC(C)=O)C1. The lowest BCUT2D eigenvalue weighted by Gasteiger charge is -2.25. The molecule has 37 heavy (non-hydrogen) atoms. The Morgan fingerprint density at radius 1 is 1.30 bits per heavy atom. The summed E-state index contributed by atoms with van der Waals surface area (Å²) in [5.41, 5.74) is 2.09. The molecule has 1 aromatic heterocycles. The van der Waals surface area contributed by atoms with Crippen LogP contribution in [0.1, 0.15) is 29.9 Å². The van der Waals surface area contributed by atoms with E-state index in [0.29, 0.717) is 27.1 Å². The van der Waals surface area contributed by atoms with Crippen LogP contribution in [0, 0.1) is 0 Å². The zero-order valence-corrected chi connectivity index (χ0v) is 22.1. The number of aliphatic hydroxyl groups excluding tert-OH is 1. The molecular formula is C25H30ClN5O5S. The summed E-state index contributed by atoms with van der Waals surface area (Å²) in [5, 5.41) is 19.2. The molecule has 4 rings (SSSR count). The van der Waals surface area contributed by atoms with Crippen molar-refractivity contribution >= 4 is 57.9 Å². The van der Waals surface area contributed by atoms with E-state index in [1.807, 2.05) is 19.1 Å². The van der Waals surface area contributed by atoms with E-state index < -0.39 is 18.4 Å². The first-order valence-electron chi connectivity index (χ1n) is 12.0. The third kappa shape index (κ3) is 6.73. The third-order valence-electron chi connectivity index (χ3n) is 6.07. The van der Waals surface area contributed by atoms with Gasteiger partial charge in [-0.1, -0.05) is 17.7 Å². The first kappa shape index (κ1) is 26.8. The van der Waals surface area contributed by atoms with Crippen molar-refractivity contribution in [3.8, 4) is 0 Å². The maximum Gasteiger partial charge on any atom is 0.414 e. The van der Waals surface area contributed by atoms with Crippen LogP contribution in [0.15, 0.2) is 42.5 Å². The lowest BCUT2D eigenvalue weighted by atomic mass is 10.2. The number of carbonyl (C=O) groups is 3. The molecule has 0 spiro atoms. The van der Waals surface area contributed by atoms with Crippen LogP contribution in [0.3, 0.4) is 0 Å². The predicted octanol–water partition coefficient (Wildman–Crippen LogP) is 3.18. The number of carbonyl (C=O) groups excluding carboxylic acids is 3. The minimum absolute atomic E-state index is 0.0419. The minimum Gasteiger partial charge on any atom is -0.442 e. The zero-order valence-electron chi connectivity index (χ0n) is 20.6. The molecular weight excluding hydrogens is 518 g/mol. The van der Waals surface area contributed by atoms with Crippen molar-refractivity contribution in [2.45, 2.75) is 38.6 Å². The second kappa shape index (κ2) is 11.8. The summed E-state index contributed by atoms with van der Waals surface area (Å²) in [4.78, 5) is 40.6. The van der Waals surface area contributed by atoms with E-state index in [1.165, 1.54) is 23.2 Å². The number of benzene rings is 1. The molecule has 2 aliphatic heterocycles. The number of hydrogen-bond donors (Lipinski definition) is 4. The van der Waals surface area contributed by atoms with Crippen LogP contribution in [-0.4, -0.2) is 67.6 Å². The first-order valence-corrected chi connectivity index (χ1v) is 13.2. The number of allylic oxidation sites excluding steroid dienone is 1. The summed E-state index contributed by atoms with van der Waals surface area (Å²) in [5.74, 6) is -0.343. The predicted molar refractivity (Wildman–Crippen MR) is 145 cm³/mol. The van der Waals surface area contributed by atoms with Crippen molar-refractivity contribution in [2.75, 3.05) is 41.3 Å². The Hall–Kier alpha value is -3.28.